The fraction of sp³-hybridized carbons (Fsp3) is 0.533. The molecule has 2 rings (SSSR count). The number of carbonyl (C=O) groups is 1. The minimum absolute atomic E-state index is 0.384. The molecule has 0 radical (unpaired) electrons. The van der Waals surface area contributed by atoms with Gasteiger partial charge in [-0.25, -0.2) is 9.18 Å². The van der Waals surface area contributed by atoms with E-state index in [4.69, 9.17) is 9.47 Å². The normalized spacial score (nSPS) is 23.0. The zero-order chi connectivity index (χ0) is 17.3. The van der Waals surface area contributed by atoms with E-state index in [9.17, 15) is 22.4 Å². The molecule has 0 aliphatic carbocycles. The number of alkyl halides is 4. The van der Waals surface area contributed by atoms with Crippen LogP contribution in [-0.4, -0.2) is 36.6 Å². The van der Waals surface area contributed by atoms with E-state index in [1.807, 2.05) is 0 Å². The van der Waals surface area contributed by atoms with Gasteiger partial charge in [0.05, 0.1) is 0 Å². The monoisotopic (exact) mass is 336 g/mol. The van der Waals surface area contributed by atoms with Gasteiger partial charge in [0.2, 0.25) is 5.67 Å². The molecule has 3 atom stereocenters. The second-order valence-electron chi connectivity index (χ2n) is 5.52. The Morgan fingerprint density at radius 3 is 2.30 bits per heavy atom. The molecule has 128 valence electrons. The van der Waals surface area contributed by atoms with Crippen molar-refractivity contribution in [2.75, 3.05) is 6.61 Å². The van der Waals surface area contributed by atoms with E-state index in [1.165, 1.54) is 0 Å². The maximum Gasteiger partial charge on any atom is 0.422 e. The van der Waals surface area contributed by atoms with Crippen molar-refractivity contribution in [3.8, 4) is 11.5 Å². The van der Waals surface area contributed by atoms with Gasteiger partial charge >= 0.3 is 12.1 Å². The maximum atomic E-state index is 14.4. The third-order valence-corrected chi connectivity index (χ3v) is 3.34. The Morgan fingerprint density at radius 1 is 1.17 bits per heavy atom. The summed E-state index contributed by atoms with van der Waals surface area (Å²) in [5.74, 6) is -0.712. The standard InChI is InChI=1S/C15H16F4O4/c1-9-12(23-11-6-4-3-5-10(11)22-9)7-14(2,16)13(20)21-8-15(17,18)19/h3-6,9,12H,7-8H2,1-2H3. The summed E-state index contributed by atoms with van der Waals surface area (Å²) in [5, 5.41) is 0. The number of esters is 1. The number of halogens is 4. The van der Waals surface area contributed by atoms with Gasteiger partial charge in [-0.1, -0.05) is 12.1 Å². The van der Waals surface area contributed by atoms with Crippen LogP contribution in [0.5, 0.6) is 11.5 Å². The number of rotatable bonds is 4. The molecule has 0 fully saturated rings. The average molecular weight is 336 g/mol. The Bertz CT molecular complexity index is 571. The first-order valence-corrected chi connectivity index (χ1v) is 6.94. The zero-order valence-corrected chi connectivity index (χ0v) is 12.5. The summed E-state index contributed by atoms with van der Waals surface area (Å²) in [6, 6.07) is 6.73. The van der Waals surface area contributed by atoms with Crippen molar-refractivity contribution in [2.24, 2.45) is 0 Å². The molecule has 23 heavy (non-hydrogen) atoms. The summed E-state index contributed by atoms with van der Waals surface area (Å²) in [4.78, 5) is 11.5. The molecule has 1 heterocycles. The van der Waals surface area contributed by atoms with Crippen LogP contribution >= 0.6 is 0 Å². The van der Waals surface area contributed by atoms with Crippen LogP contribution in [0.1, 0.15) is 20.3 Å². The van der Waals surface area contributed by atoms with E-state index in [0.29, 0.717) is 11.5 Å². The Labute approximate surface area is 130 Å². The molecule has 4 nitrogen and oxygen atoms in total. The first kappa shape index (κ1) is 17.4. The molecule has 8 heteroatoms. The maximum absolute atomic E-state index is 14.4. The predicted octanol–water partition coefficient (Wildman–Crippen LogP) is 3.44. The van der Waals surface area contributed by atoms with Gasteiger partial charge in [0, 0.05) is 6.42 Å². The lowest BCUT2D eigenvalue weighted by Crippen LogP contribution is -2.45. The van der Waals surface area contributed by atoms with E-state index in [1.54, 1.807) is 31.2 Å². The smallest absolute Gasteiger partial charge is 0.422 e. The summed E-state index contributed by atoms with van der Waals surface area (Å²) >= 11 is 0. The number of ether oxygens (including phenoxy) is 3. The number of fused-ring (bicyclic) bond motifs is 1. The number of para-hydroxylation sites is 2. The largest absolute Gasteiger partial charge is 0.483 e. The number of hydrogen-bond donors (Lipinski definition) is 0. The molecule has 1 aliphatic heterocycles. The van der Waals surface area contributed by atoms with Crippen LogP contribution in [0.15, 0.2) is 24.3 Å². The highest BCUT2D eigenvalue weighted by atomic mass is 19.4. The molecule has 1 aliphatic rings. The second-order valence-corrected chi connectivity index (χ2v) is 5.52. The predicted molar refractivity (Wildman–Crippen MR) is 72.1 cm³/mol. The third-order valence-electron chi connectivity index (χ3n) is 3.34. The SMILES string of the molecule is CC1Oc2ccccc2OC1CC(C)(F)C(=O)OCC(F)(F)F. The van der Waals surface area contributed by atoms with E-state index in [2.05, 4.69) is 4.74 Å². The molecular weight excluding hydrogens is 320 g/mol. The summed E-state index contributed by atoms with van der Waals surface area (Å²) in [5.41, 5.74) is -2.63. The molecule has 0 saturated carbocycles. The number of benzene rings is 1. The third kappa shape index (κ3) is 4.49. The van der Waals surface area contributed by atoms with E-state index in [-0.39, 0.29) is 0 Å². The average Bonchev–Trinajstić information content (AvgIpc) is 2.44. The first-order valence-electron chi connectivity index (χ1n) is 6.94. The number of carbonyl (C=O) groups excluding carboxylic acids is 1. The van der Waals surface area contributed by atoms with Gasteiger partial charge in [0.1, 0.15) is 12.2 Å². The topological polar surface area (TPSA) is 44.8 Å². The minimum Gasteiger partial charge on any atom is -0.483 e. The summed E-state index contributed by atoms with van der Waals surface area (Å²) < 4.78 is 65.7. The molecule has 1 aromatic rings. The van der Waals surface area contributed by atoms with E-state index < -0.39 is 43.0 Å². The molecule has 0 saturated heterocycles. The molecular formula is C15H16F4O4. The highest BCUT2D eigenvalue weighted by Crippen LogP contribution is 2.36. The van der Waals surface area contributed by atoms with Crippen molar-refractivity contribution in [1.29, 1.82) is 0 Å². The quantitative estimate of drug-likeness (QED) is 0.624. The summed E-state index contributed by atoms with van der Waals surface area (Å²) in [6.07, 6.45) is -6.60. The molecule has 0 spiro atoms. The van der Waals surface area contributed by atoms with Gasteiger partial charge < -0.3 is 14.2 Å². The van der Waals surface area contributed by atoms with E-state index in [0.717, 1.165) is 6.92 Å². The van der Waals surface area contributed by atoms with E-state index >= 15 is 0 Å². The molecule has 0 bridgehead atoms. The Morgan fingerprint density at radius 2 is 1.74 bits per heavy atom. The van der Waals surface area contributed by atoms with Crippen molar-refractivity contribution in [3.63, 3.8) is 0 Å². The van der Waals surface area contributed by atoms with Gasteiger partial charge in [0.15, 0.2) is 18.1 Å². The van der Waals surface area contributed by atoms with Crippen molar-refractivity contribution in [3.05, 3.63) is 24.3 Å². The van der Waals surface area contributed by atoms with Gasteiger partial charge in [-0.2, -0.15) is 13.2 Å². The lowest BCUT2D eigenvalue weighted by molar-refractivity contribution is -0.195. The van der Waals surface area contributed by atoms with Gasteiger partial charge in [-0.05, 0) is 26.0 Å². The molecule has 0 N–H and O–H groups in total. The summed E-state index contributed by atoms with van der Waals surface area (Å²) in [7, 11) is 0. The number of hydrogen-bond acceptors (Lipinski definition) is 4. The van der Waals surface area contributed by atoms with Crippen molar-refractivity contribution in [1.82, 2.24) is 0 Å². The minimum atomic E-state index is -4.71. The Hall–Kier alpha value is -1.99. The lowest BCUT2D eigenvalue weighted by Gasteiger charge is -2.34. The highest BCUT2D eigenvalue weighted by Gasteiger charge is 2.43. The van der Waals surface area contributed by atoms with Crippen molar-refractivity contribution >= 4 is 5.97 Å². The molecule has 0 amide bonds. The van der Waals surface area contributed by atoms with Crippen LogP contribution in [0, 0.1) is 0 Å². The van der Waals surface area contributed by atoms with Crippen LogP contribution < -0.4 is 9.47 Å². The summed E-state index contributed by atoms with van der Waals surface area (Å²) in [6.45, 7) is 0.659. The molecule has 3 unspecified atom stereocenters. The second kappa shape index (κ2) is 6.25. The van der Waals surface area contributed by atoms with Gasteiger partial charge in [-0.15, -0.1) is 0 Å². The van der Waals surface area contributed by atoms with Crippen LogP contribution in [0.2, 0.25) is 0 Å². The molecule has 0 aromatic heterocycles. The van der Waals surface area contributed by atoms with Crippen LogP contribution in [0.25, 0.3) is 0 Å². The van der Waals surface area contributed by atoms with Crippen molar-refractivity contribution in [2.45, 2.75) is 44.3 Å². The first-order chi connectivity index (χ1) is 10.6. The molecule has 1 aromatic carbocycles. The van der Waals surface area contributed by atoms with Gasteiger partial charge in [-0.3, -0.25) is 0 Å². The Kier molecular flexibility index (Phi) is 4.72. The fourth-order valence-corrected chi connectivity index (χ4v) is 2.15. The lowest BCUT2D eigenvalue weighted by atomic mass is 9.97. The van der Waals surface area contributed by atoms with Gasteiger partial charge in [0.25, 0.3) is 0 Å². The van der Waals surface area contributed by atoms with Crippen LogP contribution in [0.4, 0.5) is 17.6 Å². The Balaban J connectivity index is 2.01. The van der Waals surface area contributed by atoms with Crippen LogP contribution in [0.3, 0.4) is 0 Å². The highest BCUT2D eigenvalue weighted by molar-refractivity contribution is 5.79. The zero-order valence-electron chi connectivity index (χ0n) is 12.5. The fourth-order valence-electron chi connectivity index (χ4n) is 2.15. The van der Waals surface area contributed by atoms with Crippen LogP contribution in [-0.2, 0) is 9.53 Å². The van der Waals surface area contributed by atoms with Crippen molar-refractivity contribution < 1.29 is 36.6 Å².